The van der Waals surface area contributed by atoms with Crippen molar-refractivity contribution >= 4 is 11.8 Å². The van der Waals surface area contributed by atoms with Crippen molar-refractivity contribution in [2.24, 2.45) is 0 Å². The molecule has 0 bridgehead atoms. The Morgan fingerprint density at radius 1 is 1.25 bits per heavy atom. The minimum absolute atomic E-state index is 0.306. The van der Waals surface area contributed by atoms with Gasteiger partial charge in [0.25, 0.3) is 0 Å². The maximum atomic E-state index is 9.17. The van der Waals surface area contributed by atoms with Crippen molar-refractivity contribution in [3.05, 3.63) is 0 Å². The molecule has 2 nitrogen and oxygen atoms in total. The molecule has 0 saturated heterocycles. The van der Waals surface area contributed by atoms with E-state index in [4.69, 9.17) is 5.11 Å². The lowest BCUT2D eigenvalue weighted by Gasteiger charge is -2.31. The molecule has 0 amide bonds. The van der Waals surface area contributed by atoms with Crippen LogP contribution in [0, 0.1) is 0 Å². The second kappa shape index (κ2) is 8.37. The van der Waals surface area contributed by atoms with Gasteiger partial charge >= 0.3 is 0 Å². The van der Waals surface area contributed by atoms with E-state index in [1.54, 1.807) is 0 Å². The zero-order chi connectivity index (χ0) is 11.8. The second-order valence-corrected chi connectivity index (χ2v) is 6.51. The van der Waals surface area contributed by atoms with Gasteiger partial charge in [-0.3, -0.25) is 0 Å². The van der Waals surface area contributed by atoms with Gasteiger partial charge in [-0.15, -0.1) is 0 Å². The number of aliphatic hydroxyl groups is 1. The van der Waals surface area contributed by atoms with Crippen LogP contribution in [0.2, 0.25) is 0 Å². The molecule has 3 unspecified atom stereocenters. The summed E-state index contributed by atoms with van der Waals surface area (Å²) in [5, 5.41) is 13.9. The number of thioether (sulfide) groups is 1. The quantitative estimate of drug-likeness (QED) is 0.781. The molecule has 1 aliphatic rings. The molecular formula is C13H27NOS. The van der Waals surface area contributed by atoms with Gasteiger partial charge in [-0.05, 0) is 19.4 Å². The number of hydrogen-bond donors (Lipinski definition) is 2. The van der Waals surface area contributed by atoms with Crippen molar-refractivity contribution in [1.29, 1.82) is 0 Å². The molecule has 0 aromatic rings. The SMILES string of the molecule is CCNC1CCCCCCC1SC(C)CO. The van der Waals surface area contributed by atoms with Gasteiger partial charge in [-0.2, -0.15) is 11.8 Å². The molecule has 1 saturated carbocycles. The summed E-state index contributed by atoms with van der Waals surface area (Å²) in [5.41, 5.74) is 0. The second-order valence-electron chi connectivity index (χ2n) is 4.82. The summed E-state index contributed by atoms with van der Waals surface area (Å²) in [5.74, 6) is 0. The van der Waals surface area contributed by atoms with E-state index in [0.717, 1.165) is 6.54 Å². The fourth-order valence-electron chi connectivity index (χ4n) is 2.45. The number of nitrogens with one attached hydrogen (secondary N) is 1. The smallest absolute Gasteiger partial charge is 0.0547 e. The summed E-state index contributed by atoms with van der Waals surface area (Å²) in [6.45, 7) is 5.69. The molecule has 2 N–H and O–H groups in total. The van der Waals surface area contributed by atoms with E-state index in [0.29, 0.717) is 23.1 Å². The van der Waals surface area contributed by atoms with Gasteiger partial charge in [0.15, 0.2) is 0 Å². The Bertz CT molecular complexity index is 177. The van der Waals surface area contributed by atoms with Crippen LogP contribution in [-0.4, -0.2) is 34.8 Å². The molecule has 0 aromatic carbocycles. The molecule has 0 heterocycles. The van der Waals surface area contributed by atoms with Crippen molar-refractivity contribution < 1.29 is 5.11 Å². The Morgan fingerprint density at radius 3 is 2.56 bits per heavy atom. The first-order chi connectivity index (χ1) is 7.77. The Kier molecular flexibility index (Phi) is 7.50. The van der Waals surface area contributed by atoms with Crippen LogP contribution in [-0.2, 0) is 0 Å². The maximum Gasteiger partial charge on any atom is 0.0547 e. The highest BCUT2D eigenvalue weighted by Crippen LogP contribution is 2.29. The lowest BCUT2D eigenvalue weighted by molar-refractivity contribution is 0.299. The zero-order valence-corrected chi connectivity index (χ0v) is 11.6. The first-order valence-corrected chi connectivity index (χ1v) is 7.72. The Balaban J connectivity index is 2.48. The first kappa shape index (κ1) is 14.3. The number of aliphatic hydroxyl groups excluding tert-OH is 1. The van der Waals surface area contributed by atoms with Crippen molar-refractivity contribution in [3.8, 4) is 0 Å². The van der Waals surface area contributed by atoms with Crippen molar-refractivity contribution in [3.63, 3.8) is 0 Å². The third kappa shape index (κ3) is 5.07. The van der Waals surface area contributed by atoms with Crippen LogP contribution in [0.4, 0.5) is 0 Å². The first-order valence-electron chi connectivity index (χ1n) is 6.77. The van der Waals surface area contributed by atoms with E-state index in [2.05, 4.69) is 19.2 Å². The van der Waals surface area contributed by atoms with Gasteiger partial charge in [0.05, 0.1) is 6.61 Å². The monoisotopic (exact) mass is 245 g/mol. The molecule has 16 heavy (non-hydrogen) atoms. The molecule has 0 aliphatic heterocycles. The van der Waals surface area contributed by atoms with Crippen molar-refractivity contribution in [2.75, 3.05) is 13.2 Å². The normalized spacial score (nSPS) is 29.4. The Hall–Kier alpha value is 0.270. The van der Waals surface area contributed by atoms with Crippen molar-refractivity contribution in [1.82, 2.24) is 5.32 Å². The van der Waals surface area contributed by atoms with Gasteiger partial charge in [0.1, 0.15) is 0 Å². The van der Waals surface area contributed by atoms with E-state index in [9.17, 15) is 0 Å². The van der Waals surface area contributed by atoms with E-state index in [-0.39, 0.29) is 0 Å². The topological polar surface area (TPSA) is 32.3 Å². The molecule has 0 radical (unpaired) electrons. The summed E-state index contributed by atoms with van der Waals surface area (Å²) in [4.78, 5) is 0. The van der Waals surface area contributed by atoms with E-state index < -0.39 is 0 Å². The Morgan fingerprint density at radius 2 is 1.94 bits per heavy atom. The molecule has 1 rings (SSSR count). The lowest BCUT2D eigenvalue weighted by atomic mass is 9.96. The van der Waals surface area contributed by atoms with E-state index in [1.165, 1.54) is 38.5 Å². The largest absolute Gasteiger partial charge is 0.395 e. The molecule has 1 fully saturated rings. The standard InChI is InChI=1S/C13H27NOS/c1-3-14-12-8-6-4-5-7-9-13(12)16-11(2)10-15/h11-15H,3-10H2,1-2H3. The molecule has 3 atom stereocenters. The van der Waals surface area contributed by atoms with Gasteiger partial charge in [-0.25, -0.2) is 0 Å². The highest BCUT2D eigenvalue weighted by Gasteiger charge is 2.23. The van der Waals surface area contributed by atoms with Gasteiger partial charge in [0.2, 0.25) is 0 Å². The minimum atomic E-state index is 0.306. The van der Waals surface area contributed by atoms with Crippen LogP contribution < -0.4 is 5.32 Å². The lowest BCUT2D eigenvalue weighted by Crippen LogP contribution is -2.39. The summed E-state index contributed by atoms with van der Waals surface area (Å²) in [6.07, 6.45) is 8.13. The fourth-order valence-corrected chi connectivity index (χ4v) is 3.86. The van der Waals surface area contributed by atoms with Gasteiger partial charge < -0.3 is 10.4 Å². The number of hydrogen-bond acceptors (Lipinski definition) is 3. The van der Waals surface area contributed by atoms with Crippen LogP contribution in [0.3, 0.4) is 0 Å². The third-order valence-electron chi connectivity index (χ3n) is 3.33. The van der Waals surface area contributed by atoms with E-state index >= 15 is 0 Å². The predicted octanol–water partition coefficient (Wildman–Crippen LogP) is 2.80. The maximum absolute atomic E-state index is 9.17. The summed E-state index contributed by atoms with van der Waals surface area (Å²) < 4.78 is 0. The molecule has 1 aliphatic carbocycles. The number of rotatable bonds is 5. The minimum Gasteiger partial charge on any atom is -0.395 e. The molecular weight excluding hydrogens is 218 g/mol. The Labute approximate surface area is 105 Å². The van der Waals surface area contributed by atoms with Crippen LogP contribution in [0.5, 0.6) is 0 Å². The van der Waals surface area contributed by atoms with Crippen LogP contribution in [0.15, 0.2) is 0 Å². The average molecular weight is 245 g/mol. The highest BCUT2D eigenvalue weighted by molar-refractivity contribution is 8.00. The van der Waals surface area contributed by atoms with Crippen molar-refractivity contribution in [2.45, 2.75) is 68.9 Å². The molecule has 3 heteroatoms. The summed E-state index contributed by atoms with van der Waals surface area (Å²) in [6, 6.07) is 0.657. The average Bonchev–Trinajstić information content (AvgIpc) is 2.27. The highest BCUT2D eigenvalue weighted by atomic mass is 32.2. The molecule has 0 aromatic heterocycles. The molecule has 96 valence electrons. The predicted molar refractivity (Wildman–Crippen MR) is 73.1 cm³/mol. The van der Waals surface area contributed by atoms with Gasteiger partial charge in [0, 0.05) is 16.5 Å². The van der Waals surface area contributed by atoms with Crippen LogP contribution in [0.25, 0.3) is 0 Å². The van der Waals surface area contributed by atoms with Crippen LogP contribution >= 0.6 is 11.8 Å². The van der Waals surface area contributed by atoms with E-state index in [1.807, 2.05) is 11.8 Å². The third-order valence-corrected chi connectivity index (χ3v) is 4.86. The summed E-state index contributed by atoms with van der Waals surface area (Å²) >= 11 is 1.98. The zero-order valence-electron chi connectivity index (χ0n) is 10.7. The summed E-state index contributed by atoms with van der Waals surface area (Å²) in [7, 11) is 0. The van der Waals surface area contributed by atoms with Crippen LogP contribution in [0.1, 0.15) is 52.4 Å². The van der Waals surface area contributed by atoms with Gasteiger partial charge in [-0.1, -0.05) is 39.5 Å². The fraction of sp³-hybridized carbons (Fsp3) is 1.00. The molecule has 0 spiro atoms.